The molecule has 0 aliphatic rings. The van der Waals surface area contributed by atoms with Crippen LogP contribution in [0.2, 0.25) is 0 Å². The van der Waals surface area contributed by atoms with Gasteiger partial charge in [0.1, 0.15) is 4.88 Å². The van der Waals surface area contributed by atoms with Gasteiger partial charge in [0, 0.05) is 6.20 Å². The van der Waals surface area contributed by atoms with Crippen molar-refractivity contribution in [1.82, 2.24) is 9.61 Å². The summed E-state index contributed by atoms with van der Waals surface area (Å²) in [6, 6.07) is 5.40. The molecule has 3 aromatic rings. The van der Waals surface area contributed by atoms with Gasteiger partial charge in [-0.25, -0.2) is 9.31 Å². The van der Waals surface area contributed by atoms with E-state index in [-0.39, 0.29) is 10.8 Å². The highest BCUT2D eigenvalue weighted by atomic mass is 32.1. The minimum Gasteiger partial charge on any atom is -0.477 e. The van der Waals surface area contributed by atoms with Crippen LogP contribution in [0.1, 0.15) is 25.6 Å². The van der Waals surface area contributed by atoms with Crippen LogP contribution in [0.5, 0.6) is 0 Å². The molecule has 0 aromatic carbocycles. The summed E-state index contributed by atoms with van der Waals surface area (Å²) < 4.78 is 1.59. The molecule has 0 aliphatic heterocycles. The number of carboxylic acid groups (broad SMARTS) is 1. The smallest absolute Gasteiger partial charge is 0.348 e. The van der Waals surface area contributed by atoms with E-state index in [1.54, 1.807) is 29.1 Å². The van der Waals surface area contributed by atoms with E-state index in [1.165, 1.54) is 6.20 Å². The molecule has 0 aliphatic carbocycles. The maximum atomic E-state index is 12.4. The molecule has 0 saturated heterocycles. The monoisotopic (exact) mass is 301 g/mol. The van der Waals surface area contributed by atoms with E-state index in [2.05, 4.69) is 10.4 Å². The molecule has 0 radical (unpaired) electrons. The molecule has 106 valence electrons. The number of nitrogens with one attached hydrogen (secondary N) is 1. The largest absolute Gasteiger partial charge is 0.477 e. The lowest BCUT2D eigenvalue weighted by Crippen LogP contribution is -2.14. The van der Waals surface area contributed by atoms with Gasteiger partial charge in [-0.15, -0.1) is 11.3 Å². The van der Waals surface area contributed by atoms with E-state index in [1.807, 2.05) is 12.1 Å². The average Bonchev–Trinajstić information content (AvgIpc) is 3.03. The van der Waals surface area contributed by atoms with Crippen molar-refractivity contribution in [2.24, 2.45) is 0 Å². The Hall–Kier alpha value is -2.67. The molecule has 3 heterocycles. The number of hydrogen-bond donors (Lipinski definition) is 2. The van der Waals surface area contributed by atoms with Gasteiger partial charge in [0.25, 0.3) is 5.91 Å². The molecule has 3 aromatic heterocycles. The maximum absolute atomic E-state index is 12.4. The minimum absolute atomic E-state index is 0.123. The SMILES string of the molecule is Cc1csc(C(=O)O)c1NC(=O)c1cnn2ccccc12. The number of carboxylic acids is 1. The number of aryl methyl sites for hydroxylation is 1. The Morgan fingerprint density at radius 2 is 2.19 bits per heavy atom. The Bertz CT molecular complexity index is 850. The van der Waals surface area contributed by atoms with Crippen molar-refractivity contribution >= 4 is 34.4 Å². The van der Waals surface area contributed by atoms with E-state index in [9.17, 15) is 9.59 Å². The molecule has 3 rings (SSSR count). The fourth-order valence-corrected chi connectivity index (χ4v) is 2.89. The standard InChI is InChI=1S/C14H11N3O3S/c1-8-7-21-12(14(19)20)11(8)16-13(18)9-6-15-17-5-3-2-4-10(9)17/h2-7H,1H3,(H,16,18)(H,19,20). The van der Waals surface area contributed by atoms with Crippen LogP contribution in [-0.4, -0.2) is 26.6 Å². The number of amides is 1. The molecule has 0 atom stereocenters. The first-order chi connectivity index (χ1) is 10.1. The lowest BCUT2D eigenvalue weighted by Gasteiger charge is -2.05. The quantitative estimate of drug-likeness (QED) is 0.779. The zero-order valence-electron chi connectivity index (χ0n) is 11.0. The van der Waals surface area contributed by atoms with Gasteiger partial charge in [-0.3, -0.25) is 4.79 Å². The number of thiophene rings is 1. The van der Waals surface area contributed by atoms with Crippen molar-refractivity contribution in [2.75, 3.05) is 5.32 Å². The molecule has 2 N–H and O–H groups in total. The van der Waals surface area contributed by atoms with Crippen LogP contribution in [0.3, 0.4) is 0 Å². The Labute approximate surface area is 123 Å². The summed E-state index contributed by atoms with van der Waals surface area (Å²) in [6.07, 6.45) is 3.21. The van der Waals surface area contributed by atoms with Crippen molar-refractivity contribution in [2.45, 2.75) is 6.92 Å². The summed E-state index contributed by atoms with van der Waals surface area (Å²) >= 11 is 1.09. The van der Waals surface area contributed by atoms with Crippen LogP contribution in [-0.2, 0) is 0 Å². The first-order valence-corrected chi connectivity index (χ1v) is 7.01. The number of rotatable bonds is 3. The van der Waals surface area contributed by atoms with Gasteiger partial charge < -0.3 is 10.4 Å². The zero-order chi connectivity index (χ0) is 15.0. The highest BCUT2D eigenvalue weighted by molar-refractivity contribution is 7.12. The first kappa shape index (κ1) is 13.3. The van der Waals surface area contributed by atoms with E-state index >= 15 is 0 Å². The molecule has 6 nitrogen and oxygen atoms in total. The van der Waals surface area contributed by atoms with Crippen LogP contribution in [0.4, 0.5) is 5.69 Å². The number of carbonyl (C=O) groups excluding carboxylic acids is 1. The average molecular weight is 301 g/mol. The molecule has 1 amide bonds. The van der Waals surface area contributed by atoms with Crippen molar-refractivity contribution in [3.05, 3.63) is 52.0 Å². The molecular weight excluding hydrogens is 290 g/mol. The van der Waals surface area contributed by atoms with Gasteiger partial charge in [0.2, 0.25) is 0 Å². The topological polar surface area (TPSA) is 83.7 Å². The molecule has 0 bridgehead atoms. The van der Waals surface area contributed by atoms with Crippen molar-refractivity contribution in [1.29, 1.82) is 0 Å². The predicted octanol–water partition coefficient (Wildman–Crippen LogP) is 2.65. The third kappa shape index (κ3) is 2.27. The normalized spacial score (nSPS) is 10.7. The number of pyridine rings is 1. The van der Waals surface area contributed by atoms with E-state index in [0.717, 1.165) is 16.9 Å². The number of aromatic nitrogens is 2. The maximum Gasteiger partial charge on any atom is 0.348 e. The number of nitrogens with zero attached hydrogens (tertiary/aromatic N) is 2. The number of carbonyl (C=O) groups is 2. The Morgan fingerprint density at radius 3 is 2.95 bits per heavy atom. The summed E-state index contributed by atoms with van der Waals surface area (Å²) in [5.74, 6) is -1.43. The van der Waals surface area contributed by atoms with Crippen LogP contribution in [0.25, 0.3) is 5.52 Å². The minimum atomic E-state index is -1.05. The zero-order valence-corrected chi connectivity index (χ0v) is 11.8. The molecule has 0 saturated carbocycles. The highest BCUT2D eigenvalue weighted by Crippen LogP contribution is 2.28. The van der Waals surface area contributed by atoms with Gasteiger partial charge in [-0.2, -0.15) is 5.10 Å². The second kappa shape index (κ2) is 5.02. The van der Waals surface area contributed by atoms with Gasteiger partial charge in [-0.1, -0.05) is 6.07 Å². The lowest BCUT2D eigenvalue weighted by molar-refractivity contribution is 0.0703. The van der Waals surface area contributed by atoms with Crippen molar-refractivity contribution in [3.63, 3.8) is 0 Å². The first-order valence-electron chi connectivity index (χ1n) is 6.13. The van der Waals surface area contributed by atoms with Gasteiger partial charge in [0.05, 0.1) is 23.0 Å². The van der Waals surface area contributed by atoms with Gasteiger partial charge >= 0.3 is 5.97 Å². The van der Waals surface area contributed by atoms with Crippen LogP contribution < -0.4 is 5.32 Å². The fraction of sp³-hybridized carbons (Fsp3) is 0.0714. The second-order valence-corrected chi connectivity index (χ2v) is 5.35. The molecule has 0 fully saturated rings. The summed E-state index contributed by atoms with van der Waals surface area (Å²) in [5, 5.41) is 17.6. The van der Waals surface area contributed by atoms with Gasteiger partial charge in [0.15, 0.2) is 0 Å². The summed E-state index contributed by atoms with van der Waals surface area (Å²) in [5.41, 5.74) is 2.13. The van der Waals surface area contributed by atoms with E-state index < -0.39 is 5.97 Å². The molecule has 21 heavy (non-hydrogen) atoms. The van der Waals surface area contributed by atoms with Crippen LogP contribution >= 0.6 is 11.3 Å². The Morgan fingerprint density at radius 1 is 1.38 bits per heavy atom. The highest BCUT2D eigenvalue weighted by Gasteiger charge is 2.19. The van der Waals surface area contributed by atoms with Crippen molar-refractivity contribution in [3.8, 4) is 0 Å². The molecule has 7 heteroatoms. The third-order valence-electron chi connectivity index (χ3n) is 3.08. The van der Waals surface area contributed by atoms with E-state index in [0.29, 0.717) is 16.8 Å². The lowest BCUT2D eigenvalue weighted by atomic mass is 10.2. The second-order valence-electron chi connectivity index (χ2n) is 4.47. The summed E-state index contributed by atoms with van der Waals surface area (Å²) in [4.78, 5) is 23.6. The molecular formula is C14H11N3O3S. The molecule has 0 unspecified atom stereocenters. The Kier molecular flexibility index (Phi) is 3.19. The van der Waals surface area contributed by atoms with Crippen molar-refractivity contribution < 1.29 is 14.7 Å². The van der Waals surface area contributed by atoms with E-state index in [4.69, 9.17) is 5.11 Å². The van der Waals surface area contributed by atoms with Gasteiger partial charge in [-0.05, 0) is 30.0 Å². The predicted molar refractivity (Wildman–Crippen MR) is 79.2 cm³/mol. The third-order valence-corrected chi connectivity index (χ3v) is 4.16. The number of aromatic carboxylic acids is 1. The summed E-state index contributed by atoms with van der Waals surface area (Å²) in [7, 11) is 0. The van der Waals surface area contributed by atoms with Crippen LogP contribution in [0, 0.1) is 6.92 Å². The Balaban J connectivity index is 1.97. The molecule has 0 spiro atoms. The number of anilines is 1. The number of hydrogen-bond acceptors (Lipinski definition) is 4. The summed E-state index contributed by atoms with van der Waals surface area (Å²) in [6.45, 7) is 1.76. The van der Waals surface area contributed by atoms with Crippen LogP contribution in [0.15, 0.2) is 36.0 Å². The fourth-order valence-electron chi connectivity index (χ4n) is 2.05. The number of fused-ring (bicyclic) bond motifs is 1.